The van der Waals surface area contributed by atoms with Crippen molar-refractivity contribution in [2.24, 2.45) is 5.92 Å². The van der Waals surface area contributed by atoms with Crippen LogP contribution in [0.3, 0.4) is 0 Å². The highest BCUT2D eigenvalue weighted by atomic mass is 16.2. The molecule has 1 aromatic rings. The van der Waals surface area contributed by atoms with E-state index in [4.69, 9.17) is 0 Å². The number of amides is 2. The van der Waals surface area contributed by atoms with Crippen LogP contribution in [0.4, 0.5) is 0 Å². The summed E-state index contributed by atoms with van der Waals surface area (Å²) in [5, 5.41) is 5.55. The van der Waals surface area contributed by atoms with E-state index in [0.29, 0.717) is 18.7 Å². The van der Waals surface area contributed by atoms with Crippen molar-refractivity contribution < 1.29 is 9.59 Å². The first-order chi connectivity index (χ1) is 9.52. The van der Waals surface area contributed by atoms with Gasteiger partial charge in [0.25, 0.3) is 0 Å². The summed E-state index contributed by atoms with van der Waals surface area (Å²) in [6.07, 6.45) is 2.00. The number of hydrogen-bond acceptors (Lipinski definition) is 2. The number of carbonyl (C=O) groups excluding carboxylic acids is 2. The number of nitrogens with one attached hydrogen (secondary N) is 2. The largest absolute Gasteiger partial charge is 0.352 e. The fraction of sp³-hybridized carbons (Fsp3) is 0.500. The van der Waals surface area contributed by atoms with Crippen molar-refractivity contribution in [3.05, 3.63) is 35.9 Å². The first kappa shape index (κ1) is 16.2. The van der Waals surface area contributed by atoms with Gasteiger partial charge in [-0.2, -0.15) is 0 Å². The summed E-state index contributed by atoms with van der Waals surface area (Å²) in [4.78, 5) is 22.9. The predicted octanol–water partition coefficient (Wildman–Crippen LogP) is 1.89. The molecule has 0 aromatic heterocycles. The number of rotatable bonds is 8. The Morgan fingerprint density at radius 1 is 1.20 bits per heavy atom. The van der Waals surface area contributed by atoms with Crippen molar-refractivity contribution in [2.45, 2.75) is 45.7 Å². The fourth-order valence-corrected chi connectivity index (χ4v) is 2.27. The predicted molar refractivity (Wildman–Crippen MR) is 80.2 cm³/mol. The summed E-state index contributed by atoms with van der Waals surface area (Å²) in [5.74, 6) is 0.394. The zero-order chi connectivity index (χ0) is 15.0. The van der Waals surface area contributed by atoms with Crippen molar-refractivity contribution in [2.75, 3.05) is 0 Å². The Morgan fingerprint density at radius 3 is 2.40 bits per heavy atom. The Morgan fingerprint density at radius 2 is 1.85 bits per heavy atom. The average Bonchev–Trinajstić information content (AvgIpc) is 2.38. The first-order valence-corrected chi connectivity index (χ1v) is 7.07. The zero-order valence-corrected chi connectivity index (χ0v) is 12.4. The summed E-state index contributed by atoms with van der Waals surface area (Å²) in [5.41, 5.74) is 1.03. The van der Waals surface area contributed by atoms with Crippen molar-refractivity contribution >= 4 is 12.3 Å². The molecule has 0 fully saturated rings. The molecule has 0 saturated carbocycles. The molecule has 0 bridgehead atoms. The maximum Gasteiger partial charge on any atom is 0.243 e. The van der Waals surface area contributed by atoms with E-state index in [0.717, 1.165) is 12.0 Å². The van der Waals surface area contributed by atoms with Gasteiger partial charge in [-0.3, -0.25) is 9.59 Å². The molecule has 0 aliphatic carbocycles. The molecule has 2 atom stereocenters. The monoisotopic (exact) mass is 276 g/mol. The highest BCUT2D eigenvalue weighted by molar-refractivity contribution is 5.84. The number of benzene rings is 1. The molecule has 0 heterocycles. The van der Waals surface area contributed by atoms with Crippen LogP contribution in [0.2, 0.25) is 0 Å². The van der Waals surface area contributed by atoms with Gasteiger partial charge in [-0.15, -0.1) is 0 Å². The van der Waals surface area contributed by atoms with Crippen LogP contribution in [0.15, 0.2) is 30.3 Å². The summed E-state index contributed by atoms with van der Waals surface area (Å²) in [7, 11) is 0. The van der Waals surface area contributed by atoms with Gasteiger partial charge in [0.15, 0.2) is 0 Å². The SMILES string of the molecule is CC(C)CC(C)NC(=O)C(Cc1ccccc1)NC=O. The topological polar surface area (TPSA) is 58.2 Å². The summed E-state index contributed by atoms with van der Waals surface area (Å²) in [6, 6.07) is 9.25. The minimum Gasteiger partial charge on any atom is -0.352 e. The van der Waals surface area contributed by atoms with Crippen LogP contribution in [-0.2, 0) is 16.0 Å². The Bertz CT molecular complexity index is 418. The molecule has 0 aliphatic heterocycles. The highest BCUT2D eigenvalue weighted by Gasteiger charge is 2.20. The van der Waals surface area contributed by atoms with Crippen LogP contribution >= 0.6 is 0 Å². The molecule has 4 heteroatoms. The lowest BCUT2D eigenvalue weighted by Gasteiger charge is -2.21. The van der Waals surface area contributed by atoms with E-state index in [1.807, 2.05) is 37.3 Å². The van der Waals surface area contributed by atoms with Crippen molar-refractivity contribution in [3.8, 4) is 0 Å². The lowest BCUT2D eigenvalue weighted by atomic mass is 10.0. The maximum atomic E-state index is 12.2. The number of hydrogen-bond donors (Lipinski definition) is 2. The summed E-state index contributed by atoms with van der Waals surface area (Å²) < 4.78 is 0. The Balaban J connectivity index is 2.60. The smallest absolute Gasteiger partial charge is 0.243 e. The van der Waals surface area contributed by atoms with Crippen LogP contribution in [0, 0.1) is 5.92 Å². The van der Waals surface area contributed by atoms with Gasteiger partial charge in [0.05, 0.1) is 0 Å². The van der Waals surface area contributed by atoms with Gasteiger partial charge in [-0.25, -0.2) is 0 Å². The minimum absolute atomic E-state index is 0.106. The Kier molecular flexibility index (Phi) is 6.77. The van der Waals surface area contributed by atoms with Gasteiger partial charge in [0, 0.05) is 12.5 Å². The van der Waals surface area contributed by atoms with Crippen LogP contribution < -0.4 is 10.6 Å². The van der Waals surface area contributed by atoms with E-state index in [1.54, 1.807) is 0 Å². The quantitative estimate of drug-likeness (QED) is 0.712. The van der Waals surface area contributed by atoms with E-state index in [9.17, 15) is 9.59 Å². The Hall–Kier alpha value is -1.84. The normalized spacial score (nSPS) is 13.6. The van der Waals surface area contributed by atoms with E-state index in [2.05, 4.69) is 24.5 Å². The minimum atomic E-state index is -0.524. The van der Waals surface area contributed by atoms with Crippen LogP contribution in [0.1, 0.15) is 32.8 Å². The lowest BCUT2D eigenvalue weighted by Crippen LogP contribution is -2.48. The molecule has 20 heavy (non-hydrogen) atoms. The molecule has 0 aliphatic rings. The van der Waals surface area contributed by atoms with Crippen LogP contribution in [-0.4, -0.2) is 24.4 Å². The molecule has 2 amide bonds. The Labute approximate surface area is 121 Å². The van der Waals surface area contributed by atoms with Gasteiger partial charge < -0.3 is 10.6 Å². The molecule has 2 unspecified atom stereocenters. The molecule has 0 radical (unpaired) electrons. The lowest BCUT2D eigenvalue weighted by molar-refractivity contribution is -0.125. The molecular formula is C16H24N2O2. The van der Waals surface area contributed by atoms with Crippen LogP contribution in [0.25, 0.3) is 0 Å². The molecular weight excluding hydrogens is 252 g/mol. The van der Waals surface area contributed by atoms with Gasteiger partial charge in [0.1, 0.15) is 6.04 Å². The molecule has 1 aromatic carbocycles. The van der Waals surface area contributed by atoms with Crippen LogP contribution in [0.5, 0.6) is 0 Å². The third-order valence-corrected chi connectivity index (χ3v) is 3.08. The standard InChI is InChI=1S/C16H24N2O2/c1-12(2)9-13(3)18-16(20)15(17-11-19)10-14-7-5-4-6-8-14/h4-8,11-13,15H,9-10H2,1-3H3,(H,17,19)(H,18,20). The van der Waals surface area contributed by atoms with Crippen molar-refractivity contribution in [1.29, 1.82) is 0 Å². The average molecular weight is 276 g/mol. The van der Waals surface area contributed by atoms with Gasteiger partial charge in [0.2, 0.25) is 12.3 Å². The van der Waals surface area contributed by atoms with E-state index in [-0.39, 0.29) is 11.9 Å². The third-order valence-electron chi connectivity index (χ3n) is 3.08. The summed E-state index contributed by atoms with van der Waals surface area (Å²) >= 11 is 0. The van der Waals surface area contributed by atoms with E-state index in [1.165, 1.54) is 0 Å². The number of carbonyl (C=O) groups is 2. The van der Waals surface area contributed by atoms with Gasteiger partial charge in [-0.05, 0) is 24.8 Å². The van der Waals surface area contributed by atoms with Crippen molar-refractivity contribution in [3.63, 3.8) is 0 Å². The molecule has 4 nitrogen and oxygen atoms in total. The highest BCUT2D eigenvalue weighted by Crippen LogP contribution is 2.06. The second-order valence-corrected chi connectivity index (χ2v) is 5.57. The summed E-state index contributed by atoms with van der Waals surface area (Å²) in [6.45, 7) is 6.22. The molecule has 0 spiro atoms. The molecule has 2 N–H and O–H groups in total. The van der Waals surface area contributed by atoms with Gasteiger partial charge >= 0.3 is 0 Å². The third kappa shape index (κ3) is 5.87. The second-order valence-electron chi connectivity index (χ2n) is 5.57. The fourth-order valence-electron chi connectivity index (χ4n) is 2.27. The zero-order valence-electron chi connectivity index (χ0n) is 12.4. The molecule has 0 saturated heterocycles. The van der Waals surface area contributed by atoms with E-state index < -0.39 is 6.04 Å². The molecule has 110 valence electrons. The van der Waals surface area contributed by atoms with Gasteiger partial charge in [-0.1, -0.05) is 44.2 Å². The van der Waals surface area contributed by atoms with Crippen molar-refractivity contribution in [1.82, 2.24) is 10.6 Å². The molecule has 1 rings (SSSR count). The van der Waals surface area contributed by atoms with E-state index >= 15 is 0 Å². The maximum absolute atomic E-state index is 12.2. The first-order valence-electron chi connectivity index (χ1n) is 7.07. The second kappa shape index (κ2) is 8.35.